The number of carbonyl (C=O) groups is 1. The lowest BCUT2D eigenvalue weighted by molar-refractivity contribution is -0.143. The van der Waals surface area contributed by atoms with Gasteiger partial charge in [-0.05, 0) is 12.8 Å². The van der Waals surface area contributed by atoms with Crippen molar-refractivity contribution in [3.63, 3.8) is 0 Å². The molecule has 2 aliphatic rings. The fourth-order valence-electron chi connectivity index (χ4n) is 2.30. The predicted octanol–water partition coefficient (Wildman–Crippen LogP) is 1.01. The number of carbonyl (C=O) groups excluding carboxylic acids is 1. The average Bonchev–Trinajstić information content (AvgIpc) is 2.22. The molecule has 0 atom stereocenters. The molecule has 0 aromatic carbocycles. The Morgan fingerprint density at radius 2 is 1.76 bits per heavy atom. The summed E-state index contributed by atoms with van der Waals surface area (Å²) in [5, 5.41) is 3.21. The molecule has 0 aliphatic carbocycles. The highest BCUT2D eigenvalue weighted by molar-refractivity contribution is 5.81. The van der Waals surface area contributed by atoms with E-state index in [1.807, 2.05) is 25.7 Å². The molecule has 1 N–H and O–H groups in total. The summed E-state index contributed by atoms with van der Waals surface area (Å²) in [6.07, 6.45) is 2.73. The summed E-state index contributed by atoms with van der Waals surface area (Å²) in [4.78, 5) is 14.1. The number of likely N-dealkylation sites (tertiary alicyclic amines) is 1. The van der Waals surface area contributed by atoms with Gasteiger partial charge in [0.05, 0.1) is 12.2 Å². The Labute approximate surface area is 104 Å². The highest BCUT2D eigenvalue weighted by Gasteiger charge is 2.31. The normalized spacial score (nSPS) is 23.6. The van der Waals surface area contributed by atoms with Gasteiger partial charge in [-0.15, -0.1) is 0 Å². The summed E-state index contributed by atoms with van der Waals surface area (Å²) in [5.74, 6) is 0.265. The summed E-state index contributed by atoms with van der Waals surface area (Å²) in [5.41, 5.74) is -0.258. The Balaban J connectivity index is 1.75. The zero-order valence-corrected chi connectivity index (χ0v) is 11.2. The fourth-order valence-corrected chi connectivity index (χ4v) is 2.30. The molecule has 98 valence electrons. The van der Waals surface area contributed by atoms with Crippen LogP contribution in [0.2, 0.25) is 0 Å². The van der Waals surface area contributed by atoms with E-state index in [-0.39, 0.29) is 11.3 Å². The first kappa shape index (κ1) is 12.8. The minimum absolute atomic E-state index is 0.258. The standard InChI is InChI=1S/C13H24N2O2/c1-13(2,3)12(16)15-6-4-10(5-7-15)17-11-8-14-9-11/h10-11,14H,4-9H2,1-3H3. The molecule has 2 rings (SSSR count). The van der Waals surface area contributed by atoms with Gasteiger partial charge in [0.25, 0.3) is 0 Å². The predicted molar refractivity (Wildman–Crippen MR) is 66.8 cm³/mol. The third-order valence-corrected chi connectivity index (χ3v) is 3.50. The van der Waals surface area contributed by atoms with Crippen LogP contribution in [0.15, 0.2) is 0 Å². The van der Waals surface area contributed by atoms with Gasteiger partial charge in [-0.1, -0.05) is 20.8 Å². The van der Waals surface area contributed by atoms with E-state index in [0.717, 1.165) is 39.0 Å². The molecule has 2 aliphatic heterocycles. The smallest absolute Gasteiger partial charge is 0.227 e. The Bertz CT molecular complexity index is 274. The molecule has 4 nitrogen and oxygen atoms in total. The summed E-state index contributed by atoms with van der Waals surface area (Å²) in [6, 6.07) is 0. The molecular weight excluding hydrogens is 216 g/mol. The van der Waals surface area contributed by atoms with Crippen LogP contribution in [0, 0.1) is 5.41 Å². The highest BCUT2D eigenvalue weighted by atomic mass is 16.5. The number of nitrogens with one attached hydrogen (secondary N) is 1. The maximum atomic E-state index is 12.1. The molecule has 1 amide bonds. The Kier molecular flexibility index (Phi) is 3.73. The molecule has 0 bridgehead atoms. The monoisotopic (exact) mass is 240 g/mol. The van der Waals surface area contributed by atoms with Crippen LogP contribution in [0.5, 0.6) is 0 Å². The van der Waals surface area contributed by atoms with Crippen molar-refractivity contribution in [1.82, 2.24) is 10.2 Å². The number of ether oxygens (including phenoxy) is 1. The minimum Gasteiger partial charge on any atom is -0.372 e. The van der Waals surface area contributed by atoms with Crippen molar-refractivity contribution in [2.75, 3.05) is 26.2 Å². The molecule has 0 saturated carbocycles. The number of rotatable bonds is 2. The molecule has 2 heterocycles. The SMILES string of the molecule is CC(C)(C)C(=O)N1CCC(OC2CNC2)CC1. The summed E-state index contributed by atoms with van der Waals surface area (Å²) < 4.78 is 5.94. The lowest BCUT2D eigenvalue weighted by Crippen LogP contribution is -2.52. The summed E-state index contributed by atoms with van der Waals surface area (Å²) >= 11 is 0. The molecular formula is C13H24N2O2. The first-order valence-electron chi connectivity index (χ1n) is 6.62. The summed E-state index contributed by atoms with van der Waals surface area (Å²) in [7, 11) is 0. The van der Waals surface area contributed by atoms with Crippen molar-refractivity contribution in [3.8, 4) is 0 Å². The largest absolute Gasteiger partial charge is 0.372 e. The average molecular weight is 240 g/mol. The quantitative estimate of drug-likeness (QED) is 0.783. The molecule has 4 heteroatoms. The zero-order valence-electron chi connectivity index (χ0n) is 11.2. The van der Waals surface area contributed by atoms with Crippen LogP contribution in [0.4, 0.5) is 0 Å². The van der Waals surface area contributed by atoms with E-state index >= 15 is 0 Å². The first-order chi connectivity index (χ1) is 7.97. The Hall–Kier alpha value is -0.610. The van der Waals surface area contributed by atoms with Gasteiger partial charge in [0, 0.05) is 31.6 Å². The Morgan fingerprint density at radius 1 is 1.18 bits per heavy atom. The molecule has 2 saturated heterocycles. The molecule has 2 fully saturated rings. The van der Waals surface area contributed by atoms with Gasteiger partial charge in [-0.2, -0.15) is 0 Å². The van der Waals surface area contributed by atoms with E-state index < -0.39 is 0 Å². The molecule has 17 heavy (non-hydrogen) atoms. The number of hydrogen-bond acceptors (Lipinski definition) is 3. The highest BCUT2D eigenvalue weighted by Crippen LogP contribution is 2.22. The zero-order chi connectivity index (χ0) is 12.5. The molecule has 0 radical (unpaired) electrons. The number of amides is 1. The van der Waals surface area contributed by atoms with Crippen molar-refractivity contribution in [3.05, 3.63) is 0 Å². The van der Waals surface area contributed by atoms with Crippen LogP contribution < -0.4 is 5.32 Å². The second-order valence-corrected chi connectivity index (χ2v) is 6.16. The van der Waals surface area contributed by atoms with Gasteiger partial charge in [0.2, 0.25) is 5.91 Å². The van der Waals surface area contributed by atoms with Crippen LogP contribution >= 0.6 is 0 Å². The van der Waals surface area contributed by atoms with E-state index in [4.69, 9.17) is 4.74 Å². The first-order valence-corrected chi connectivity index (χ1v) is 6.62. The molecule has 0 spiro atoms. The van der Waals surface area contributed by atoms with Crippen LogP contribution in [-0.4, -0.2) is 49.2 Å². The second kappa shape index (κ2) is 4.94. The van der Waals surface area contributed by atoms with E-state index in [1.165, 1.54) is 0 Å². The van der Waals surface area contributed by atoms with E-state index in [1.54, 1.807) is 0 Å². The number of piperidine rings is 1. The maximum Gasteiger partial charge on any atom is 0.227 e. The lowest BCUT2D eigenvalue weighted by atomic mass is 9.93. The Morgan fingerprint density at radius 3 is 2.18 bits per heavy atom. The van der Waals surface area contributed by atoms with Gasteiger partial charge in [0.1, 0.15) is 0 Å². The van der Waals surface area contributed by atoms with Gasteiger partial charge in [-0.25, -0.2) is 0 Å². The van der Waals surface area contributed by atoms with Crippen molar-refractivity contribution in [2.24, 2.45) is 5.41 Å². The third kappa shape index (κ3) is 3.19. The van der Waals surface area contributed by atoms with Crippen molar-refractivity contribution >= 4 is 5.91 Å². The van der Waals surface area contributed by atoms with E-state index in [2.05, 4.69) is 5.32 Å². The van der Waals surface area contributed by atoms with Crippen LogP contribution in [0.1, 0.15) is 33.6 Å². The lowest BCUT2D eigenvalue weighted by Gasteiger charge is -2.38. The van der Waals surface area contributed by atoms with Crippen molar-refractivity contribution < 1.29 is 9.53 Å². The van der Waals surface area contributed by atoms with Gasteiger partial charge in [0.15, 0.2) is 0 Å². The molecule has 0 aromatic rings. The van der Waals surface area contributed by atoms with Gasteiger partial charge >= 0.3 is 0 Å². The number of hydrogen-bond donors (Lipinski definition) is 1. The van der Waals surface area contributed by atoms with E-state index in [9.17, 15) is 4.79 Å². The maximum absolute atomic E-state index is 12.1. The van der Waals surface area contributed by atoms with Gasteiger partial charge < -0.3 is 15.0 Å². The van der Waals surface area contributed by atoms with Crippen LogP contribution in [-0.2, 0) is 9.53 Å². The molecule has 0 unspecified atom stereocenters. The number of nitrogens with zero attached hydrogens (tertiary/aromatic N) is 1. The second-order valence-electron chi connectivity index (χ2n) is 6.16. The topological polar surface area (TPSA) is 41.6 Å². The van der Waals surface area contributed by atoms with Crippen LogP contribution in [0.3, 0.4) is 0 Å². The third-order valence-electron chi connectivity index (χ3n) is 3.50. The van der Waals surface area contributed by atoms with Crippen molar-refractivity contribution in [1.29, 1.82) is 0 Å². The molecule has 0 aromatic heterocycles. The van der Waals surface area contributed by atoms with E-state index in [0.29, 0.717) is 12.2 Å². The van der Waals surface area contributed by atoms with Gasteiger partial charge in [-0.3, -0.25) is 4.79 Å². The van der Waals surface area contributed by atoms with Crippen LogP contribution in [0.25, 0.3) is 0 Å². The summed E-state index contributed by atoms with van der Waals surface area (Å²) in [6.45, 7) is 9.62. The minimum atomic E-state index is -0.258. The van der Waals surface area contributed by atoms with Crippen molar-refractivity contribution in [2.45, 2.75) is 45.8 Å². The fraction of sp³-hybridized carbons (Fsp3) is 0.923.